The highest BCUT2D eigenvalue weighted by Gasteiger charge is 2.11. The number of ether oxygens (including phenoxy) is 1. The van der Waals surface area contributed by atoms with E-state index in [0.29, 0.717) is 6.47 Å². The highest BCUT2D eigenvalue weighted by atomic mass is 16.5. The van der Waals surface area contributed by atoms with Gasteiger partial charge in [0.05, 0.1) is 0 Å². The Morgan fingerprint density at radius 3 is 3.00 bits per heavy atom. The van der Waals surface area contributed by atoms with Crippen molar-refractivity contribution in [3.8, 4) is 0 Å². The predicted molar refractivity (Wildman–Crippen MR) is 32.8 cm³/mol. The fourth-order valence-electron chi connectivity index (χ4n) is 1.00. The van der Waals surface area contributed by atoms with Crippen LogP contribution in [0, 0.1) is 0 Å². The van der Waals surface area contributed by atoms with E-state index in [2.05, 4.69) is 5.32 Å². The highest BCUT2D eigenvalue weighted by molar-refractivity contribution is 5.37. The second-order valence-corrected chi connectivity index (χ2v) is 2.17. The van der Waals surface area contributed by atoms with E-state index in [1.165, 1.54) is 6.42 Å². The van der Waals surface area contributed by atoms with E-state index in [-0.39, 0.29) is 6.23 Å². The topological polar surface area (TPSA) is 38.3 Å². The molecule has 1 aliphatic rings. The molecule has 1 rings (SSSR count). The third-order valence-electron chi connectivity index (χ3n) is 1.48. The molecule has 0 amide bonds. The van der Waals surface area contributed by atoms with Gasteiger partial charge >= 0.3 is 0 Å². The van der Waals surface area contributed by atoms with Crippen LogP contribution in [0.5, 0.6) is 0 Å². The van der Waals surface area contributed by atoms with Crippen LogP contribution in [0.25, 0.3) is 0 Å². The van der Waals surface area contributed by atoms with Gasteiger partial charge in [0.2, 0.25) is 0 Å². The maximum atomic E-state index is 9.81. The molecule has 0 unspecified atom stereocenters. The zero-order valence-electron chi connectivity index (χ0n) is 5.30. The average Bonchev–Trinajstić information content (AvgIpc) is 1.91. The Kier molecular flexibility index (Phi) is 2.51. The monoisotopic (exact) mass is 129 g/mol. The maximum Gasteiger partial charge on any atom is 0.294 e. The molecular weight excluding hydrogens is 118 g/mol. The van der Waals surface area contributed by atoms with Gasteiger partial charge in [0.15, 0.2) is 6.23 Å². The summed E-state index contributed by atoms with van der Waals surface area (Å²) >= 11 is 0. The second kappa shape index (κ2) is 3.45. The van der Waals surface area contributed by atoms with E-state index in [1.54, 1.807) is 0 Å². The smallest absolute Gasteiger partial charge is 0.294 e. The van der Waals surface area contributed by atoms with Crippen LogP contribution < -0.4 is 5.32 Å². The van der Waals surface area contributed by atoms with Crippen LogP contribution in [-0.2, 0) is 9.53 Å². The number of hydrogen-bond acceptors (Lipinski definition) is 3. The largest absolute Gasteiger partial charge is 0.449 e. The van der Waals surface area contributed by atoms with E-state index in [1.807, 2.05) is 0 Å². The molecule has 0 bridgehead atoms. The molecule has 9 heavy (non-hydrogen) atoms. The van der Waals surface area contributed by atoms with Crippen LogP contribution in [0.1, 0.15) is 19.3 Å². The van der Waals surface area contributed by atoms with E-state index >= 15 is 0 Å². The van der Waals surface area contributed by atoms with Crippen LogP contribution in [0.4, 0.5) is 0 Å². The zero-order valence-corrected chi connectivity index (χ0v) is 5.30. The quantitative estimate of drug-likeness (QED) is 0.543. The van der Waals surface area contributed by atoms with Crippen LogP contribution >= 0.6 is 0 Å². The van der Waals surface area contributed by atoms with Gasteiger partial charge in [-0.25, -0.2) is 0 Å². The van der Waals surface area contributed by atoms with Crippen LogP contribution in [0.15, 0.2) is 0 Å². The fourth-order valence-corrected chi connectivity index (χ4v) is 1.00. The SMILES string of the molecule is O=CO[C@@H]1CCCCN1. The first kappa shape index (κ1) is 6.55. The molecule has 0 spiro atoms. The molecule has 0 aromatic carbocycles. The Morgan fingerprint density at radius 2 is 2.44 bits per heavy atom. The molecule has 1 atom stereocenters. The molecular formula is C6H11NO2. The molecule has 1 saturated heterocycles. The second-order valence-electron chi connectivity index (χ2n) is 2.17. The van der Waals surface area contributed by atoms with Crippen molar-refractivity contribution in [1.82, 2.24) is 5.32 Å². The summed E-state index contributed by atoms with van der Waals surface area (Å²) in [5.41, 5.74) is 0. The Morgan fingerprint density at radius 1 is 1.56 bits per heavy atom. The van der Waals surface area contributed by atoms with Crippen molar-refractivity contribution in [3.05, 3.63) is 0 Å². The third kappa shape index (κ3) is 2.01. The van der Waals surface area contributed by atoms with Crippen molar-refractivity contribution < 1.29 is 9.53 Å². The molecule has 1 N–H and O–H groups in total. The third-order valence-corrected chi connectivity index (χ3v) is 1.48. The molecule has 3 nitrogen and oxygen atoms in total. The van der Waals surface area contributed by atoms with Crippen molar-refractivity contribution in [2.24, 2.45) is 0 Å². The van der Waals surface area contributed by atoms with Crippen LogP contribution in [0.2, 0.25) is 0 Å². The summed E-state index contributed by atoms with van der Waals surface area (Å²) in [6.45, 7) is 1.47. The van der Waals surface area contributed by atoms with Crippen LogP contribution in [0.3, 0.4) is 0 Å². The number of nitrogens with one attached hydrogen (secondary N) is 1. The highest BCUT2D eigenvalue weighted by Crippen LogP contribution is 2.06. The normalized spacial score (nSPS) is 27.3. The van der Waals surface area contributed by atoms with Crippen LogP contribution in [-0.4, -0.2) is 19.2 Å². The summed E-state index contributed by atoms with van der Waals surface area (Å²) in [4.78, 5) is 9.81. The summed E-state index contributed by atoms with van der Waals surface area (Å²) < 4.78 is 4.69. The molecule has 0 aromatic rings. The minimum absolute atomic E-state index is 0.0174. The molecule has 1 fully saturated rings. The van der Waals surface area contributed by atoms with Gasteiger partial charge in [-0.3, -0.25) is 10.1 Å². The molecule has 0 aromatic heterocycles. The first-order valence-corrected chi connectivity index (χ1v) is 3.26. The molecule has 52 valence electrons. The van der Waals surface area contributed by atoms with E-state index < -0.39 is 0 Å². The zero-order chi connectivity index (χ0) is 6.53. The van der Waals surface area contributed by atoms with E-state index in [9.17, 15) is 4.79 Å². The van der Waals surface area contributed by atoms with Crippen molar-refractivity contribution in [1.29, 1.82) is 0 Å². The minimum Gasteiger partial charge on any atom is -0.449 e. The standard InChI is InChI=1S/C6H11NO2/c8-5-9-6-3-1-2-4-7-6/h5-7H,1-4H2/t6-/m1/s1. The summed E-state index contributed by atoms with van der Waals surface area (Å²) in [5.74, 6) is 0. The lowest BCUT2D eigenvalue weighted by Crippen LogP contribution is -2.35. The van der Waals surface area contributed by atoms with Gasteiger partial charge in [0, 0.05) is 0 Å². The maximum absolute atomic E-state index is 9.81. The first-order chi connectivity index (χ1) is 4.43. The fraction of sp³-hybridized carbons (Fsp3) is 0.833. The molecule has 1 heterocycles. The van der Waals surface area contributed by atoms with Gasteiger partial charge in [0.1, 0.15) is 0 Å². The first-order valence-electron chi connectivity index (χ1n) is 3.26. The van der Waals surface area contributed by atoms with Gasteiger partial charge in [-0.2, -0.15) is 0 Å². The number of piperidine rings is 1. The van der Waals surface area contributed by atoms with Gasteiger partial charge in [-0.05, 0) is 25.8 Å². The molecule has 0 saturated carbocycles. The predicted octanol–water partition coefficient (Wildman–Crippen LogP) is 0.259. The van der Waals surface area contributed by atoms with Gasteiger partial charge in [0.25, 0.3) is 6.47 Å². The number of carbonyl (C=O) groups excluding carboxylic acids is 1. The molecule has 0 radical (unpaired) electrons. The number of carbonyl (C=O) groups is 1. The summed E-state index contributed by atoms with van der Waals surface area (Å²) in [7, 11) is 0. The Hall–Kier alpha value is -0.570. The Bertz CT molecular complexity index is 89.1. The van der Waals surface area contributed by atoms with Gasteiger partial charge < -0.3 is 4.74 Å². The average molecular weight is 129 g/mol. The van der Waals surface area contributed by atoms with E-state index in [0.717, 1.165) is 19.4 Å². The lowest BCUT2D eigenvalue weighted by molar-refractivity contribution is -0.136. The van der Waals surface area contributed by atoms with E-state index in [4.69, 9.17) is 4.74 Å². The minimum atomic E-state index is -0.0174. The van der Waals surface area contributed by atoms with Gasteiger partial charge in [-0.15, -0.1) is 0 Å². The Labute approximate surface area is 54.4 Å². The molecule has 1 aliphatic heterocycles. The summed E-state index contributed by atoms with van der Waals surface area (Å²) in [6, 6.07) is 0. The van der Waals surface area contributed by atoms with Crippen molar-refractivity contribution in [2.45, 2.75) is 25.5 Å². The lowest BCUT2D eigenvalue weighted by Gasteiger charge is -2.20. The molecule has 0 aliphatic carbocycles. The van der Waals surface area contributed by atoms with Crippen molar-refractivity contribution in [3.63, 3.8) is 0 Å². The number of hydrogen-bond donors (Lipinski definition) is 1. The molecule has 3 heteroatoms. The van der Waals surface area contributed by atoms with Crippen molar-refractivity contribution >= 4 is 6.47 Å². The van der Waals surface area contributed by atoms with Gasteiger partial charge in [-0.1, -0.05) is 0 Å². The lowest BCUT2D eigenvalue weighted by atomic mass is 10.1. The summed E-state index contributed by atoms with van der Waals surface area (Å²) in [6.07, 6.45) is 3.29. The number of rotatable bonds is 2. The Balaban J connectivity index is 2.15. The van der Waals surface area contributed by atoms with Crippen molar-refractivity contribution in [2.75, 3.05) is 6.54 Å². The summed E-state index contributed by atoms with van der Waals surface area (Å²) in [5, 5.41) is 3.07.